The van der Waals surface area contributed by atoms with Gasteiger partial charge in [-0.2, -0.15) is 0 Å². The summed E-state index contributed by atoms with van der Waals surface area (Å²) in [6.07, 6.45) is 1.42. The maximum Gasteiger partial charge on any atom is 0.258 e. The summed E-state index contributed by atoms with van der Waals surface area (Å²) in [5, 5.41) is 3.60. The quantitative estimate of drug-likeness (QED) is 0.579. The van der Waals surface area contributed by atoms with Crippen LogP contribution in [0.4, 0.5) is 0 Å². The van der Waals surface area contributed by atoms with Crippen molar-refractivity contribution in [3.63, 3.8) is 0 Å². The van der Waals surface area contributed by atoms with E-state index in [4.69, 9.17) is 15.2 Å². The van der Waals surface area contributed by atoms with E-state index in [0.717, 1.165) is 0 Å². The first-order valence-corrected chi connectivity index (χ1v) is 4.83. The van der Waals surface area contributed by atoms with Gasteiger partial charge in [0.15, 0.2) is 18.1 Å². The molecule has 1 aromatic rings. The summed E-state index contributed by atoms with van der Waals surface area (Å²) in [4.78, 5) is 15.1. The van der Waals surface area contributed by atoms with Crippen molar-refractivity contribution in [1.29, 1.82) is 0 Å². The number of benzene rings is 1. The summed E-state index contributed by atoms with van der Waals surface area (Å²) in [6, 6.07) is 5.33. The highest BCUT2D eigenvalue weighted by molar-refractivity contribution is 5.84. The Morgan fingerprint density at radius 1 is 1.41 bits per heavy atom. The average Bonchev–Trinajstić information content (AvgIpc) is 2.33. The van der Waals surface area contributed by atoms with Gasteiger partial charge in [0.25, 0.3) is 5.91 Å². The monoisotopic (exact) mass is 238 g/mol. The number of nitrogens with zero attached hydrogens (tertiary/aromatic N) is 1. The Morgan fingerprint density at radius 3 is 2.76 bits per heavy atom. The molecule has 17 heavy (non-hydrogen) atoms. The zero-order valence-corrected chi connectivity index (χ0v) is 9.67. The van der Waals surface area contributed by atoms with Crippen molar-refractivity contribution in [2.75, 3.05) is 20.8 Å². The molecular formula is C11H14N2O4. The Hall–Kier alpha value is -2.24. The van der Waals surface area contributed by atoms with Crippen molar-refractivity contribution in [3.8, 4) is 11.5 Å². The third-order valence-corrected chi connectivity index (χ3v) is 1.91. The van der Waals surface area contributed by atoms with Crippen LogP contribution in [-0.4, -0.2) is 32.9 Å². The highest BCUT2D eigenvalue weighted by Crippen LogP contribution is 2.29. The summed E-state index contributed by atoms with van der Waals surface area (Å²) < 4.78 is 10.3. The Bertz CT molecular complexity index is 418. The maximum atomic E-state index is 10.4. The number of para-hydroxylation sites is 1. The lowest BCUT2D eigenvalue weighted by atomic mass is 10.2. The normalized spacial score (nSPS) is 10.2. The second kappa shape index (κ2) is 6.37. The summed E-state index contributed by atoms with van der Waals surface area (Å²) in [5.74, 6) is 0.549. The first-order valence-electron chi connectivity index (χ1n) is 4.83. The van der Waals surface area contributed by atoms with Gasteiger partial charge in [0.1, 0.15) is 0 Å². The van der Waals surface area contributed by atoms with Crippen molar-refractivity contribution >= 4 is 12.1 Å². The van der Waals surface area contributed by atoms with Gasteiger partial charge in [-0.3, -0.25) is 4.79 Å². The molecule has 0 fully saturated rings. The maximum absolute atomic E-state index is 10.4. The van der Waals surface area contributed by atoms with Crippen LogP contribution in [0.2, 0.25) is 0 Å². The SMILES string of the molecule is COc1cccc(C=NOCC(N)=O)c1OC. The third kappa shape index (κ3) is 3.67. The molecule has 0 aliphatic rings. The number of carbonyl (C=O) groups is 1. The molecular weight excluding hydrogens is 224 g/mol. The van der Waals surface area contributed by atoms with Crippen molar-refractivity contribution in [3.05, 3.63) is 23.8 Å². The van der Waals surface area contributed by atoms with Crippen LogP contribution in [-0.2, 0) is 9.63 Å². The molecule has 1 amide bonds. The number of nitrogens with two attached hydrogens (primary N) is 1. The molecule has 0 atom stereocenters. The summed E-state index contributed by atoms with van der Waals surface area (Å²) in [6.45, 7) is -0.261. The van der Waals surface area contributed by atoms with Gasteiger partial charge in [-0.05, 0) is 12.1 Å². The first-order chi connectivity index (χ1) is 8.19. The largest absolute Gasteiger partial charge is 0.493 e. The molecule has 1 aromatic carbocycles. The van der Waals surface area contributed by atoms with Crippen LogP contribution in [0, 0.1) is 0 Å². The number of ether oxygens (including phenoxy) is 2. The molecule has 0 aliphatic heterocycles. The van der Waals surface area contributed by atoms with Crippen LogP contribution in [0.3, 0.4) is 0 Å². The van der Waals surface area contributed by atoms with Gasteiger partial charge in [0.05, 0.1) is 20.4 Å². The second-order valence-electron chi connectivity index (χ2n) is 3.06. The Kier molecular flexibility index (Phi) is 4.80. The predicted molar refractivity (Wildman–Crippen MR) is 62.3 cm³/mol. The molecule has 0 unspecified atom stereocenters. The van der Waals surface area contributed by atoms with Crippen molar-refractivity contribution < 1.29 is 19.1 Å². The Balaban J connectivity index is 2.79. The van der Waals surface area contributed by atoms with Gasteiger partial charge < -0.3 is 20.0 Å². The highest BCUT2D eigenvalue weighted by Gasteiger charge is 2.07. The van der Waals surface area contributed by atoms with Crippen LogP contribution in [0.15, 0.2) is 23.4 Å². The van der Waals surface area contributed by atoms with E-state index in [9.17, 15) is 4.79 Å². The molecule has 1 rings (SSSR count). The van der Waals surface area contributed by atoms with Crippen LogP contribution in [0.5, 0.6) is 11.5 Å². The smallest absolute Gasteiger partial charge is 0.258 e. The molecule has 92 valence electrons. The minimum atomic E-state index is -0.584. The number of rotatable bonds is 6. The standard InChI is InChI=1S/C11H14N2O4/c1-15-9-5-3-4-8(11(9)16-2)6-13-17-7-10(12)14/h3-6H,7H2,1-2H3,(H2,12,14). The average molecular weight is 238 g/mol. The number of carbonyl (C=O) groups excluding carboxylic acids is 1. The van der Waals surface area contributed by atoms with E-state index in [-0.39, 0.29) is 6.61 Å². The van der Waals surface area contributed by atoms with E-state index in [0.29, 0.717) is 17.1 Å². The molecule has 0 heterocycles. The van der Waals surface area contributed by atoms with E-state index in [1.165, 1.54) is 13.3 Å². The topological polar surface area (TPSA) is 83.1 Å². The van der Waals surface area contributed by atoms with Crippen LogP contribution in [0.1, 0.15) is 5.56 Å². The number of hydrogen-bond donors (Lipinski definition) is 1. The highest BCUT2D eigenvalue weighted by atomic mass is 16.6. The third-order valence-electron chi connectivity index (χ3n) is 1.91. The van der Waals surface area contributed by atoms with Crippen LogP contribution in [0.25, 0.3) is 0 Å². The van der Waals surface area contributed by atoms with Gasteiger partial charge in [0.2, 0.25) is 0 Å². The number of oxime groups is 1. The molecule has 0 saturated carbocycles. The fourth-order valence-electron chi connectivity index (χ4n) is 1.21. The van der Waals surface area contributed by atoms with Gasteiger partial charge in [-0.1, -0.05) is 11.2 Å². The lowest BCUT2D eigenvalue weighted by molar-refractivity contribution is -0.122. The Morgan fingerprint density at radius 2 is 2.18 bits per heavy atom. The zero-order valence-electron chi connectivity index (χ0n) is 9.67. The molecule has 0 aromatic heterocycles. The summed E-state index contributed by atoms with van der Waals surface area (Å²) >= 11 is 0. The summed E-state index contributed by atoms with van der Waals surface area (Å²) in [5.41, 5.74) is 5.57. The van der Waals surface area contributed by atoms with Crippen LogP contribution < -0.4 is 15.2 Å². The minimum absolute atomic E-state index is 0.261. The van der Waals surface area contributed by atoms with Crippen molar-refractivity contribution in [2.45, 2.75) is 0 Å². The van der Waals surface area contributed by atoms with E-state index >= 15 is 0 Å². The predicted octanol–water partition coefficient (Wildman–Crippen LogP) is 0.540. The number of methoxy groups -OCH3 is 2. The molecule has 6 nitrogen and oxygen atoms in total. The molecule has 6 heteroatoms. The molecule has 0 bridgehead atoms. The van der Waals surface area contributed by atoms with Gasteiger partial charge in [-0.25, -0.2) is 0 Å². The zero-order chi connectivity index (χ0) is 12.7. The van der Waals surface area contributed by atoms with Crippen LogP contribution >= 0.6 is 0 Å². The number of hydrogen-bond acceptors (Lipinski definition) is 5. The van der Waals surface area contributed by atoms with E-state index in [1.807, 2.05) is 0 Å². The molecule has 2 N–H and O–H groups in total. The Labute approximate surface area is 98.9 Å². The van der Waals surface area contributed by atoms with E-state index in [1.54, 1.807) is 25.3 Å². The fraction of sp³-hybridized carbons (Fsp3) is 0.273. The van der Waals surface area contributed by atoms with Crippen molar-refractivity contribution in [2.24, 2.45) is 10.9 Å². The number of amides is 1. The molecule has 0 saturated heterocycles. The lowest BCUT2D eigenvalue weighted by Gasteiger charge is -2.09. The number of primary amides is 1. The van der Waals surface area contributed by atoms with Gasteiger partial charge >= 0.3 is 0 Å². The van der Waals surface area contributed by atoms with E-state index in [2.05, 4.69) is 9.99 Å². The summed E-state index contributed by atoms with van der Waals surface area (Å²) in [7, 11) is 3.07. The van der Waals surface area contributed by atoms with Crippen molar-refractivity contribution in [1.82, 2.24) is 0 Å². The first kappa shape index (κ1) is 12.8. The lowest BCUT2D eigenvalue weighted by Crippen LogP contribution is -2.16. The molecule has 0 radical (unpaired) electrons. The molecule has 0 aliphatic carbocycles. The fourth-order valence-corrected chi connectivity index (χ4v) is 1.21. The van der Waals surface area contributed by atoms with Gasteiger partial charge in [-0.15, -0.1) is 0 Å². The van der Waals surface area contributed by atoms with E-state index < -0.39 is 5.91 Å². The minimum Gasteiger partial charge on any atom is -0.493 e. The molecule has 0 spiro atoms. The van der Waals surface area contributed by atoms with Gasteiger partial charge in [0, 0.05) is 5.56 Å². The second-order valence-corrected chi connectivity index (χ2v) is 3.06.